The molecule has 1 aliphatic rings. The van der Waals surface area contributed by atoms with E-state index in [0.29, 0.717) is 24.6 Å². The SMILES string of the molecule is CCOC(=O)C1=CCN([S@+]([O-])C(C)(C)C)[C@@H]1C[C@@H](C)CCC=C(C)C. The van der Waals surface area contributed by atoms with E-state index >= 15 is 0 Å². The molecule has 0 saturated carbocycles. The number of hydrogen-bond acceptors (Lipinski definition) is 4. The summed E-state index contributed by atoms with van der Waals surface area (Å²) in [6.07, 6.45) is 7.07. The fraction of sp³-hybridized carbons (Fsp3) is 0.750. The highest BCUT2D eigenvalue weighted by Gasteiger charge is 2.44. The third-order valence-electron chi connectivity index (χ3n) is 4.28. The van der Waals surface area contributed by atoms with E-state index in [9.17, 15) is 9.35 Å². The van der Waals surface area contributed by atoms with E-state index in [1.54, 1.807) is 0 Å². The first kappa shape index (κ1) is 22.3. The minimum absolute atomic E-state index is 0.124. The van der Waals surface area contributed by atoms with E-state index in [0.717, 1.165) is 19.3 Å². The number of ether oxygens (including phenoxy) is 1. The zero-order valence-electron chi connectivity index (χ0n) is 16.9. The highest BCUT2D eigenvalue weighted by Crippen LogP contribution is 2.33. The highest BCUT2D eigenvalue weighted by molar-refractivity contribution is 7.90. The van der Waals surface area contributed by atoms with Crippen LogP contribution in [0.5, 0.6) is 0 Å². The first-order valence-corrected chi connectivity index (χ1v) is 10.4. The number of hydrogen-bond donors (Lipinski definition) is 0. The van der Waals surface area contributed by atoms with Crippen LogP contribution in [0.3, 0.4) is 0 Å². The van der Waals surface area contributed by atoms with Gasteiger partial charge in [-0.15, -0.1) is 4.31 Å². The molecule has 1 aliphatic heterocycles. The second kappa shape index (κ2) is 9.79. The molecule has 0 aromatic carbocycles. The standard InChI is InChI=1S/C20H35NO3S/c1-8-24-19(22)17-12-13-21(25(23)20(5,6)7)18(17)14-16(4)11-9-10-15(2)3/h10,12,16,18H,8-9,11,13-14H2,1-7H3/t16-,18+,25+/m0/s1. The number of carbonyl (C=O) groups is 1. The van der Waals surface area contributed by atoms with Crippen LogP contribution in [0, 0.1) is 5.92 Å². The molecule has 0 N–H and O–H groups in total. The smallest absolute Gasteiger partial charge is 0.335 e. The Morgan fingerprint density at radius 2 is 2.12 bits per heavy atom. The van der Waals surface area contributed by atoms with Crippen LogP contribution in [0.4, 0.5) is 0 Å². The molecule has 0 unspecified atom stereocenters. The summed E-state index contributed by atoms with van der Waals surface area (Å²) in [7, 11) is 0. The Kier molecular flexibility index (Phi) is 8.72. The largest absolute Gasteiger partial charge is 0.597 e. The molecule has 0 aliphatic carbocycles. The fourth-order valence-electron chi connectivity index (χ4n) is 2.98. The summed E-state index contributed by atoms with van der Waals surface area (Å²) in [5.74, 6) is 0.174. The molecule has 144 valence electrons. The first-order valence-electron chi connectivity index (χ1n) is 9.27. The van der Waals surface area contributed by atoms with Crippen LogP contribution in [-0.4, -0.2) is 38.8 Å². The Hall–Kier alpha value is -0.780. The number of nitrogens with zero attached hydrogens (tertiary/aromatic N) is 1. The van der Waals surface area contributed by atoms with Crippen LogP contribution in [0.25, 0.3) is 0 Å². The number of esters is 1. The predicted molar refractivity (Wildman–Crippen MR) is 106 cm³/mol. The second-order valence-electron chi connectivity index (χ2n) is 8.06. The van der Waals surface area contributed by atoms with Crippen molar-refractivity contribution in [2.45, 2.75) is 78.5 Å². The van der Waals surface area contributed by atoms with Gasteiger partial charge in [-0.25, -0.2) is 4.79 Å². The molecule has 4 nitrogen and oxygen atoms in total. The summed E-state index contributed by atoms with van der Waals surface area (Å²) in [5.41, 5.74) is 2.00. The van der Waals surface area contributed by atoms with Crippen LogP contribution in [0.1, 0.15) is 67.7 Å². The maximum Gasteiger partial charge on any atom is 0.335 e. The lowest BCUT2D eigenvalue weighted by Gasteiger charge is -2.35. The van der Waals surface area contributed by atoms with Crippen molar-refractivity contribution in [3.8, 4) is 0 Å². The van der Waals surface area contributed by atoms with E-state index < -0.39 is 11.4 Å². The van der Waals surface area contributed by atoms with Gasteiger partial charge >= 0.3 is 5.97 Å². The van der Waals surface area contributed by atoms with E-state index in [-0.39, 0.29) is 16.8 Å². The zero-order chi connectivity index (χ0) is 19.2. The van der Waals surface area contributed by atoms with E-state index in [1.165, 1.54) is 5.57 Å². The van der Waals surface area contributed by atoms with Crippen molar-refractivity contribution in [1.82, 2.24) is 4.31 Å². The zero-order valence-corrected chi connectivity index (χ0v) is 17.7. The number of rotatable bonds is 8. The van der Waals surface area contributed by atoms with E-state index in [2.05, 4.69) is 26.8 Å². The first-order chi connectivity index (χ1) is 11.6. The van der Waals surface area contributed by atoms with Crippen molar-refractivity contribution in [1.29, 1.82) is 0 Å². The summed E-state index contributed by atoms with van der Waals surface area (Å²) in [6.45, 7) is 15.1. The summed E-state index contributed by atoms with van der Waals surface area (Å²) in [4.78, 5) is 12.3. The van der Waals surface area contributed by atoms with Crippen molar-refractivity contribution >= 4 is 17.3 Å². The molecule has 0 amide bonds. The minimum atomic E-state index is -1.15. The van der Waals surface area contributed by atoms with Gasteiger partial charge in [0, 0.05) is 11.4 Å². The van der Waals surface area contributed by atoms with E-state index in [4.69, 9.17) is 4.74 Å². The van der Waals surface area contributed by atoms with Gasteiger partial charge in [0.2, 0.25) is 0 Å². The molecule has 0 radical (unpaired) electrons. The molecule has 0 spiro atoms. The molecule has 25 heavy (non-hydrogen) atoms. The normalized spacial score (nSPS) is 20.8. The maximum atomic E-state index is 12.9. The van der Waals surface area contributed by atoms with Crippen LogP contribution >= 0.6 is 0 Å². The van der Waals surface area contributed by atoms with Gasteiger partial charge in [0.25, 0.3) is 0 Å². The van der Waals surface area contributed by atoms with Gasteiger partial charge in [-0.05, 0) is 66.7 Å². The maximum absolute atomic E-state index is 12.9. The van der Waals surface area contributed by atoms with Gasteiger partial charge in [0.05, 0.1) is 24.8 Å². The lowest BCUT2D eigenvalue weighted by Crippen LogP contribution is -2.47. The average Bonchev–Trinajstić information content (AvgIpc) is 2.88. The summed E-state index contributed by atoms with van der Waals surface area (Å²) < 4.78 is 19.8. The Balaban J connectivity index is 2.87. The van der Waals surface area contributed by atoms with Crippen LogP contribution < -0.4 is 0 Å². The topological polar surface area (TPSA) is 52.6 Å². The van der Waals surface area contributed by atoms with Crippen molar-refractivity contribution in [2.75, 3.05) is 13.2 Å². The molecule has 0 bridgehead atoms. The quantitative estimate of drug-likeness (QED) is 0.362. The molecule has 3 atom stereocenters. The minimum Gasteiger partial charge on any atom is -0.597 e. The molecule has 0 fully saturated rings. The average molecular weight is 370 g/mol. The lowest BCUT2D eigenvalue weighted by molar-refractivity contribution is -0.138. The Morgan fingerprint density at radius 1 is 1.48 bits per heavy atom. The molecular formula is C20H35NO3S. The van der Waals surface area contributed by atoms with Crippen molar-refractivity contribution in [3.63, 3.8) is 0 Å². The van der Waals surface area contributed by atoms with Crippen LogP contribution in [-0.2, 0) is 20.9 Å². The predicted octanol–water partition coefficient (Wildman–Crippen LogP) is 4.39. The Morgan fingerprint density at radius 3 is 2.64 bits per heavy atom. The Labute approximate surface area is 157 Å². The fourth-order valence-corrected chi connectivity index (χ4v) is 4.32. The van der Waals surface area contributed by atoms with Gasteiger partial charge in [0.15, 0.2) is 0 Å². The van der Waals surface area contributed by atoms with E-state index in [1.807, 2.05) is 38.1 Å². The van der Waals surface area contributed by atoms with Crippen LogP contribution in [0.2, 0.25) is 0 Å². The van der Waals surface area contributed by atoms with Crippen molar-refractivity contribution in [2.24, 2.45) is 5.92 Å². The van der Waals surface area contributed by atoms with Gasteiger partial charge in [-0.2, -0.15) is 0 Å². The summed E-state index contributed by atoms with van der Waals surface area (Å²) in [5, 5.41) is 0. The highest BCUT2D eigenvalue weighted by atomic mass is 32.2. The molecule has 0 saturated heterocycles. The summed E-state index contributed by atoms with van der Waals surface area (Å²) in [6, 6.07) is -0.124. The molecule has 1 heterocycles. The molecule has 5 heteroatoms. The van der Waals surface area contributed by atoms with Crippen molar-refractivity contribution < 1.29 is 14.1 Å². The lowest BCUT2D eigenvalue weighted by atomic mass is 9.93. The third-order valence-corrected chi connectivity index (χ3v) is 6.16. The van der Waals surface area contributed by atoms with Crippen molar-refractivity contribution in [3.05, 3.63) is 23.3 Å². The van der Waals surface area contributed by atoms with Gasteiger partial charge < -0.3 is 9.29 Å². The van der Waals surface area contributed by atoms with Gasteiger partial charge in [0.1, 0.15) is 4.75 Å². The molecule has 0 aromatic rings. The molecule has 0 aromatic heterocycles. The number of allylic oxidation sites excluding steroid dienone is 2. The molecule has 1 rings (SSSR count). The van der Waals surface area contributed by atoms with Crippen LogP contribution in [0.15, 0.2) is 23.3 Å². The second-order valence-corrected chi connectivity index (χ2v) is 10.2. The van der Waals surface area contributed by atoms with Gasteiger partial charge in [-0.1, -0.05) is 24.6 Å². The molecular weight excluding hydrogens is 334 g/mol. The van der Waals surface area contributed by atoms with Gasteiger partial charge in [-0.3, -0.25) is 0 Å². The monoisotopic (exact) mass is 369 g/mol. The summed E-state index contributed by atoms with van der Waals surface area (Å²) >= 11 is -1.15. The number of carbonyl (C=O) groups excluding carboxylic acids is 1. The Bertz CT molecular complexity index is 504. The third kappa shape index (κ3) is 6.80.